The SMILES string of the molecule is Cc1ccc(C)c(N2C(=O)c3ccc(C(=O)OCC(=O)NC(C)(C)C)cc3C2=O)c1. The number of carbonyl (C=O) groups is 4. The average Bonchev–Trinajstić information content (AvgIpc) is 2.90. The van der Waals surface area contributed by atoms with Gasteiger partial charge in [-0.3, -0.25) is 14.4 Å². The maximum Gasteiger partial charge on any atom is 0.338 e. The molecule has 1 aliphatic rings. The average molecular weight is 408 g/mol. The third-order valence-corrected chi connectivity index (χ3v) is 4.58. The Bertz CT molecular complexity index is 1070. The van der Waals surface area contributed by atoms with Crippen molar-refractivity contribution in [2.45, 2.75) is 40.2 Å². The van der Waals surface area contributed by atoms with Crippen molar-refractivity contribution in [1.82, 2.24) is 5.32 Å². The van der Waals surface area contributed by atoms with Crippen LogP contribution in [0.5, 0.6) is 0 Å². The number of carbonyl (C=O) groups excluding carboxylic acids is 4. The van der Waals surface area contributed by atoms with Gasteiger partial charge < -0.3 is 10.1 Å². The third-order valence-electron chi connectivity index (χ3n) is 4.58. The van der Waals surface area contributed by atoms with Crippen molar-refractivity contribution in [3.05, 3.63) is 64.2 Å². The largest absolute Gasteiger partial charge is 0.452 e. The van der Waals surface area contributed by atoms with Gasteiger partial charge in [-0.2, -0.15) is 0 Å². The Morgan fingerprint density at radius 2 is 1.63 bits per heavy atom. The van der Waals surface area contributed by atoms with E-state index in [-0.39, 0.29) is 16.7 Å². The zero-order valence-electron chi connectivity index (χ0n) is 17.7. The Balaban J connectivity index is 1.81. The van der Waals surface area contributed by atoms with Crippen LogP contribution in [-0.4, -0.2) is 35.8 Å². The number of nitrogens with zero attached hydrogens (tertiary/aromatic N) is 1. The minimum Gasteiger partial charge on any atom is -0.452 e. The van der Waals surface area contributed by atoms with Crippen LogP contribution in [0.2, 0.25) is 0 Å². The van der Waals surface area contributed by atoms with Crippen molar-refractivity contribution in [2.24, 2.45) is 0 Å². The molecular formula is C23H24N2O5. The summed E-state index contributed by atoms with van der Waals surface area (Å²) in [7, 11) is 0. The molecule has 30 heavy (non-hydrogen) atoms. The van der Waals surface area contributed by atoms with Crippen molar-refractivity contribution in [1.29, 1.82) is 0 Å². The molecule has 1 heterocycles. The zero-order chi connectivity index (χ0) is 22.2. The molecule has 7 nitrogen and oxygen atoms in total. The maximum absolute atomic E-state index is 13.0. The van der Waals surface area contributed by atoms with Crippen molar-refractivity contribution in [3.8, 4) is 0 Å². The van der Waals surface area contributed by atoms with E-state index in [0.29, 0.717) is 5.69 Å². The quantitative estimate of drug-likeness (QED) is 0.620. The van der Waals surface area contributed by atoms with E-state index < -0.39 is 35.8 Å². The number of benzene rings is 2. The molecular weight excluding hydrogens is 384 g/mol. The fourth-order valence-electron chi connectivity index (χ4n) is 3.22. The second-order valence-corrected chi connectivity index (χ2v) is 8.37. The minimum absolute atomic E-state index is 0.0984. The number of fused-ring (bicyclic) bond motifs is 1. The summed E-state index contributed by atoms with van der Waals surface area (Å²) in [6.07, 6.45) is 0. The Morgan fingerprint density at radius 3 is 2.30 bits per heavy atom. The molecule has 0 fully saturated rings. The summed E-state index contributed by atoms with van der Waals surface area (Å²) in [6, 6.07) is 9.72. The van der Waals surface area contributed by atoms with Gasteiger partial charge in [-0.15, -0.1) is 0 Å². The summed E-state index contributed by atoms with van der Waals surface area (Å²) in [5.41, 5.74) is 2.24. The normalized spacial score (nSPS) is 13.3. The lowest BCUT2D eigenvalue weighted by atomic mass is 10.1. The van der Waals surface area contributed by atoms with E-state index in [1.807, 2.05) is 46.8 Å². The van der Waals surface area contributed by atoms with Gasteiger partial charge in [0.25, 0.3) is 17.7 Å². The van der Waals surface area contributed by atoms with E-state index in [9.17, 15) is 19.2 Å². The van der Waals surface area contributed by atoms with Crippen LogP contribution in [0.25, 0.3) is 0 Å². The van der Waals surface area contributed by atoms with Crippen LogP contribution in [0.15, 0.2) is 36.4 Å². The first-order valence-corrected chi connectivity index (χ1v) is 9.56. The van der Waals surface area contributed by atoms with Gasteiger partial charge in [-0.05, 0) is 70.0 Å². The van der Waals surface area contributed by atoms with Crippen LogP contribution in [0.3, 0.4) is 0 Å². The maximum atomic E-state index is 13.0. The van der Waals surface area contributed by atoms with Gasteiger partial charge >= 0.3 is 5.97 Å². The third kappa shape index (κ3) is 4.25. The second kappa shape index (κ2) is 7.74. The van der Waals surface area contributed by atoms with Gasteiger partial charge in [0, 0.05) is 5.54 Å². The molecule has 0 spiro atoms. The summed E-state index contributed by atoms with van der Waals surface area (Å²) < 4.78 is 5.04. The number of hydrogen-bond acceptors (Lipinski definition) is 5. The van der Waals surface area contributed by atoms with E-state index in [4.69, 9.17) is 4.74 Å². The van der Waals surface area contributed by atoms with Gasteiger partial charge in [0.15, 0.2) is 6.61 Å². The fraction of sp³-hybridized carbons (Fsp3) is 0.304. The lowest BCUT2D eigenvalue weighted by molar-refractivity contribution is -0.125. The van der Waals surface area contributed by atoms with Crippen LogP contribution in [0.1, 0.15) is 63.0 Å². The van der Waals surface area contributed by atoms with E-state index in [1.165, 1.54) is 18.2 Å². The Morgan fingerprint density at radius 1 is 0.967 bits per heavy atom. The predicted molar refractivity (Wildman–Crippen MR) is 112 cm³/mol. The smallest absolute Gasteiger partial charge is 0.338 e. The summed E-state index contributed by atoms with van der Waals surface area (Å²) in [5, 5.41) is 2.69. The standard InChI is InChI=1S/C23H24N2O5/c1-13-6-7-14(2)18(10-13)25-20(27)16-9-8-15(11-17(16)21(25)28)22(29)30-12-19(26)24-23(3,4)5/h6-11H,12H2,1-5H3,(H,24,26). The monoisotopic (exact) mass is 408 g/mol. The minimum atomic E-state index is -0.743. The number of imide groups is 1. The number of aryl methyl sites for hydroxylation is 2. The second-order valence-electron chi connectivity index (χ2n) is 8.37. The van der Waals surface area contributed by atoms with Crippen molar-refractivity contribution >= 4 is 29.4 Å². The molecule has 156 valence electrons. The molecule has 3 rings (SSSR count). The van der Waals surface area contributed by atoms with Crippen molar-refractivity contribution < 1.29 is 23.9 Å². The molecule has 0 aliphatic carbocycles. The van der Waals surface area contributed by atoms with Crippen molar-refractivity contribution in [3.63, 3.8) is 0 Å². The number of ether oxygens (including phenoxy) is 1. The zero-order valence-corrected chi connectivity index (χ0v) is 17.7. The first-order valence-electron chi connectivity index (χ1n) is 9.56. The molecule has 2 aromatic carbocycles. The molecule has 1 aliphatic heterocycles. The number of rotatable bonds is 4. The van der Waals surface area contributed by atoms with Crippen LogP contribution < -0.4 is 10.2 Å². The molecule has 2 aromatic rings. The van der Waals surface area contributed by atoms with Gasteiger partial charge in [0.1, 0.15) is 0 Å². The molecule has 1 N–H and O–H groups in total. The summed E-state index contributed by atoms with van der Waals surface area (Å²) >= 11 is 0. The van der Waals surface area contributed by atoms with Gasteiger partial charge in [-0.25, -0.2) is 9.69 Å². The number of anilines is 1. The van der Waals surface area contributed by atoms with E-state index in [1.54, 1.807) is 6.07 Å². The predicted octanol–water partition coefficient (Wildman–Crippen LogP) is 3.18. The molecule has 0 atom stereocenters. The van der Waals surface area contributed by atoms with Gasteiger partial charge in [0.2, 0.25) is 0 Å². The van der Waals surface area contributed by atoms with Crippen LogP contribution in [0, 0.1) is 13.8 Å². The Labute approximate surface area is 175 Å². The highest BCUT2D eigenvalue weighted by Gasteiger charge is 2.38. The number of hydrogen-bond donors (Lipinski definition) is 1. The highest BCUT2D eigenvalue weighted by atomic mass is 16.5. The summed E-state index contributed by atoms with van der Waals surface area (Å²) in [6.45, 7) is 8.72. The first kappa shape index (κ1) is 21.2. The fourth-order valence-corrected chi connectivity index (χ4v) is 3.22. The number of amides is 3. The highest BCUT2D eigenvalue weighted by Crippen LogP contribution is 2.31. The highest BCUT2D eigenvalue weighted by molar-refractivity contribution is 6.35. The topological polar surface area (TPSA) is 92.8 Å². The molecule has 0 saturated carbocycles. The molecule has 0 aromatic heterocycles. The number of esters is 1. The number of nitrogens with one attached hydrogen (secondary N) is 1. The van der Waals surface area contributed by atoms with Crippen LogP contribution >= 0.6 is 0 Å². The Kier molecular flexibility index (Phi) is 5.48. The lowest BCUT2D eigenvalue weighted by Gasteiger charge is -2.20. The summed E-state index contributed by atoms with van der Waals surface area (Å²) in [5.74, 6) is -2.10. The lowest BCUT2D eigenvalue weighted by Crippen LogP contribution is -2.42. The Hall–Kier alpha value is -3.48. The molecule has 0 bridgehead atoms. The van der Waals surface area contributed by atoms with Crippen LogP contribution in [0.4, 0.5) is 5.69 Å². The van der Waals surface area contributed by atoms with E-state index in [2.05, 4.69) is 5.32 Å². The molecule has 0 unspecified atom stereocenters. The molecule has 0 radical (unpaired) electrons. The van der Waals surface area contributed by atoms with E-state index >= 15 is 0 Å². The van der Waals surface area contributed by atoms with E-state index in [0.717, 1.165) is 16.0 Å². The summed E-state index contributed by atoms with van der Waals surface area (Å²) in [4.78, 5) is 51.1. The molecule has 0 saturated heterocycles. The first-order chi connectivity index (χ1) is 14.0. The molecule has 3 amide bonds. The van der Waals surface area contributed by atoms with Crippen molar-refractivity contribution in [2.75, 3.05) is 11.5 Å². The van der Waals surface area contributed by atoms with Gasteiger partial charge in [-0.1, -0.05) is 12.1 Å². The molecule has 7 heteroatoms. The van der Waals surface area contributed by atoms with Gasteiger partial charge in [0.05, 0.1) is 22.4 Å². The van der Waals surface area contributed by atoms with Crippen LogP contribution in [-0.2, 0) is 9.53 Å².